The normalized spacial score (nSPS) is 19.1. The van der Waals surface area contributed by atoms with Crippen molar-refractivity contribution in [2.24, 2.45) is 0 Å². The lowest BCUT2D eigenvalue weighted by atomic mass is 9.85. The number of rotatable bonds is 4. The molecule has 5 rings (SSSR count). The number of hydrogen-bond donors (Lipinski definition) is 2. The van der Waals surface area contributed by atoms with Gasteiger partial charge < -0.3 is 14.4 Å². The molecule has 0 bridgehead atoms. The average Bonchev–Trinajstić information content (AvgIpc) is 3.13. The van der Waals surface area contributed by atoms with E-state index in [0.717, 1.165) is 34.1 Å². The van der Waals surface area contributed by atoms with Gasteiger partial charge in [-0.3, -0.25) is 9.63 Å². The number of aromatic hydroxyl groups is 1. The molecule has 160 valence electrons. The van der Waals surface area contributed by atoms with Gasteiger partial charge >= 0.3 is 5.97 Å². The van der Waals surface area contributed by atoms with Crippen molar-refractivity contribution in [2.45, 2.75) is 45.4 Å². The van der Waals surface area contributed by atoms with Crippen molar-refractivity contribution < 1.29 is 19.5 Å². The number of aryl methyl sites for hydroxylation is 1. The van der Waals surface area contributed by atoms with Gasteiger partial charge in [0, 0.05) is 23.6 Å². The lowest BCUT2D eigenvalue weighted by Gasteiger charge is -2.35. The summed E-state index contributed by atoms with van der Waals surface area (Å²) in [4.78, 5) is 36.7. The Bertz CT molecular complexity index is 1310. The lowest BCUT2D eigenvalue weighted by Crippen LogP contribution is -2.48. The quantitative estimate of drug-likeness (QED) is 0.386. The maximum Gasteiger partial charge on any atom is 0.345 e. The first kappa shape index (κ1) is 19.7. The van der Waals surface area contributed by atoms with Crippen molar-refractivity contribution in [3.05, 3.63) is 56.9 Å². The number of esters is 1. The van der Waals surface area contributed by atoms with E-state index < -0.39 is 11.6 Å². The minimum atomic E-state index is -1.39. The van der Waals surface area contributed by atoms with Crippen molar-refractivity contribution in [3.8, 4) is 17.1 Å². The van der Waals surface area contributed by atoms with E-state index in [1.165, 1.54) is 0 Å². The molecule has 3 aromatic rings. The van der Waals surface area contributed by atoms with Crippen LogP contribution in [0.1, 0.15) is 42.5 Å². The Hall–Kier alpha value is -3.23. The molecule has 4 heterocycles. The van der Waals surface area contributed by atoms with Gasteiger partial charge in [0.1, 0.15) is 12.4 Å². The summed E-state index contributed by atoms with van der Waals surface area (Å²) in [6.45, 7) is 4.17. The van der Waals surface area contributed by atoms with Gasteiger partial charge in [0.05, 0.1) is 29.0 Å². The van der Waals surface area contributed by atoms with Crippen LogP contribution in [0, 0.1) is 0 Å². The molecule has 0 aliphatic carbocycles. The number of fused-ring (bicyclic) bond motifs is 5. The number of aromatic nitrogens is 2. The number of hydroxylamine groups is 1. The molecule has 0 fully saturated rings. The number of hydrogen-bond acceptors (Lipinski definition) is 7. The third-order valence-electron chi connectivity index (χ3n) is 6.39. The van der Waals surface area contributed by atoms with E-state index in [0.29, 0.717) is 29.8 Å². The Morgan fingerprint density at radius 1 is 1.26 bits per heavy atom. The van der Waals surface area contributed by atoms with Gasteiger partial charge in [-0.2, -0.15) is 0 Å². The van der Waals surface area contributed by atoms with E-state index in [4.69, 9.17) is 14.6 Å². The Morgan fingerprint density at radius 3 is 2.77 bits per heavy atom. The Morgan fingerprint density at radius 2 is 2.06 bits per heavy atom. The van der Waals surface area contributed by atoms with Gasteiger partial charge in [-0.1, -0.05) is 13.8 Å². The molecule has 2 aliphatic rings. The topological polar surface area (TPSA) is 103 Å². The number of phenols is 1. The van der Waals surface area contributed by atoms with Gasteiger partial charge in [0.25, 0.3) is 5.56 Å². The summed E-state index contributed by atoms with van der Waals surface area (Å²) in [7, 11) is 1.57. The van der Waals surface area contributed by atoms with Gasteiger partial charge in [-0.15, -0.1) is 0 Å². The number of benzene rings is 1. The van der Waals surface area contributed by atoms with Crippen LogP contribution in [0.15, 0.2) is 29.1 Å². The minimum absolute atomic E-state index is 0.0810. The minimum Gasteiger partial charge on any atom is -0.508 e. The van der Waals surface area contributed by atoms with Gasteiger partial charge in [0.15, 0.2) is 0 Å². The fourth-order valence-electron chi connectivity index (χ4n) is 4.89. The molecule has 0 saturated carbocycles. The largest absolute Gasteiger partial charge is 0.508 e. The first-order valence-corrected chi connectivity index (χ1v) is 10.4. The predicted molar refractivity (Wildman–Crippen MR) is 113 cm³/mol. The zero-order chi connectivity index (χ0) is 21.9. The molecule has 0 spiro atoms. The second-order valence-electron chi connectivity index (χ2n) is 7.85. The van der Waals surface area contributed by atoms with Crippen LogP contribution in [0.4, 0.5) is 0 Å². The maximum atomic E-state index is 13.5. The molecule has 1 aromatic carbocycles. The van der Waals surface area contributed by atoms with Crippen LogP contribution in [-0.4, -0.2) is 27.7 Å². The van der Waals surface area contributed by atoms with E-state index in [-0.39, 0.29) is 17.9 Å². The summed E-state index contributed by atoms with van der Waals surface area (Å²) in [6, 6.07) is 6.95. The highest BCUT2D eigenvalue weighted by Gasteiger charge is 2.48. The van der Waals surface area contributed by atoms with E-state index in [1.807, 2.05) is 19.9 Å². The summed E-state index contributed by atoms with van der Waals surface area (Å²) < 4.78 is 7.03. The smallest absolute Gasteiger partial charge is 0.345 e. The third kappa shape index (κ3) is 2.58. The van der Waals surface area contributed by atoms with Gasteiger partial charge in [-0.05, 0) is 42.7 Å². The second-order valence-corrected chi connectivity index (χ2v) is 7.85. The number of ether oxygens (including phenoxy) is 1. The van der Waals surface area contributed by atoms with Crippen LogP contribution >= 0.6 is 0 Å². The molecule has 1 atom stereocenters. The van der Waals surface area contributed by atoms with Crippen LogP contribution < -0.4 is 11.0 Å². The van der Waals surface area contributed by atoms with E-state index in [1.54, 1.807) is 29.8 Å². The first-order chi connectivity index (χ1) is 14.9. The van der Waals surface area contributed by atoms with E-state index in [9.17, 15) is 14.7 Å². The summed E-state index contributed by atoms with van der Waals surface area (Å²) in [5, 5.41) is 10.9. The van der Waals surface area contributed by atoms with Crippen molar-refractivity contribution in [2.75, 3.05) is 7.05 Å². The highest BCUT2D eigenvalue weighted by molar-refractivity contribution is 5.89. The number of nitrogens with one attached hydrogen (secondary N) is 1. The van der Waals surface area contributed by atoms with Crippen molar-refractivity contribution >= 4 is 16.9 Å². The average molecular weight is 421 g/mol. The van der Waals surface area contributed by atoms with Crippen LogP contribution in [-0.2, 0) is 39.5 Å². The Kier molecular flexibility index (Phi) is 4.39. The number of pyridine rings is 2. The van der Waals surface area contributed by atoms with Crippen LogP contribution in [0.3, 0.4) is 0 Å². The Balaban J connectivity index is 1.82. The first-order valence-electron chi connectivity index (χ1n) is 10.4. The van der Waals surface area contributed by atoms with E-state index >= 15 is 0 Å². The molecule has 2 aliphatic heterocycles. The molecule has 31 heavy (non-hydrogen) atoms. The zero-order valence-corrected chi connectivity index (χ0v) is 17.6. The summed E-state index contributed by atoms with van der Waals surface area (Å²) in [5.41, 5.74) is 6.11. The van der Waals surface area contributed by atoms with Gasteiger partial charge in [0.2, 0.25) is 5.60 Å². The lowest BCUT2D eigenvalue weighted by molar-refractivity contribution is -0.191. The summed E-state index contributed by atoms with van der Waals surface area (Å²) in [6.07, 6.45) is 1.04. The fourth-order valence-corrected chi connectivity index (χ4v) is 4.89. The number of carbonyl (C=O) groups excluding carboxylic acids is 1. The molecule has 0 saturated heterocycles. The summed E-state index contributed by atoms with van der Waals surface area (Å²) >= 11 is 0. The standard InChI is InChI=1S/C23H23N3O5/c1-4-13-14-8-12(27)6-7-18(14)25-20-15(13)10-26-19(20)9-17-16(21(26)28)11-30-22(29)23(17,5-2)31-24-3/h6-9,24,27H,4-5,10-11H2,1-3H3/t23-/m0/s1. The third-order valence-corrected chi connectivity index (χ3v) is 6.39. The number of carbonyl (C=O) groups is 1. The summed E-state index contributed by atoms with van der Waals surface area (Å²) in [5.74, 6) is -0.338. The highest BCUT2D eigenvalue weighted by Crippen LogP contribution is 2.41. The van der Waals surface area contributed by atoms with Crippen LogP contribution in [0.25, 0.3) is 22.3 Å². The number of nitrogens with zero attached hydrogens (tertiary/aromatic N) is 2. The molecule has 0 unspecified atom stereocenters. The monoisotopic (exact) mass is 421 g/mol. The van der Waals surface area contributed by atoms with Gasteiger partial charge in [-0.25, -0.2) is 15.3 Å². The molecule has 2 aromatic heterocycles. The van der Waals surface area contributed by atoms with Crippen molar-refractivity contribution in [3.63, 3.8) is 0 Å². The zero-order valence-electron chi connectivity index (χ0n) is 17.6. The molecule has 8 nitrogen and oxygen atoms in total. The molecule has 8 heteroatoms. The maximum absolute atomic E-state index is 13.5. The molecular formula is C23H23N3O5. The predicted octanol–water partition coefficient (Wildman–Crippen LogP) is 2.51. The molecule has 0 amide bonds. The van der Waals surface area contributed by atoms with Crippen molar-refractivity contribution in [1.82, 2.24) is 15.0 Å². The fraction of sp³-hybridized carbons (Fsp3) is 0.348. The molecule has 0 radical (unpaired) electrons. The number of phenolic OH excluding ortho intramolecular Hbond substituents is 1. The highest BCUT2D eigenvalue weighted by atomic mass is 16.7. The van der Waals surface area contributed by atoms with Crippen molar-refractivity contribution in [1.29, 1.82) is 0 Å². The Labute approximate surface area is 178 Å². The van der Waals surface area contributed by atoms with E-state index in [2.05, 4.69) is 5.48 Å². The molecular weight excluding hydrogens is 398 g/mol. The SMILES string of the molecule is CCc1c2c(nc3ccc(O)cc13)-c1cc3c(c(=O)n1C2)COC(=O)[C@@]3(CC)ONC. The van der Waals surface area contributed by atoms with Crippen LogP contribution in [0.2, 0.25) is 0 Å². The second kappa shape index (κ2) is 6.90. The van der Waals surface area contributed by atoms with Crippen LogP contribution in [0.5, 0.6) is 5.75 Å². The molecule has 2 N–H and O–H groups in total. The number of cyclic esters (lactones) is 1.